The average Bonchev–Trinajstić information content (AvgIpc) is 2.32. The van der Waals surface area contributed by atoms with E-state index in [1.165, 1.54) is 34.8 Å². The minimum Gasteiger partial charge on any atom is -0.398 e. The first-order valence-corrected chi connectivity index (χ1v) is 6.29. The Hall–Kier alpha value is -2.31. The van der Waals surface area contributed by atoms with Gasteiger partial charge < -0.3 is 20.5 Å². The van der Waals surface area contributed by atoms with Gasteiger partial charge in [-0.1, -0.05) is 0 Å². The highest BCUT2D eigenvalue weighted by atomic mass is 16.2. The molecular formula is C13H20N4O3. The van der Waals surface area contributed by atoms with E-state index in [0.29, 0.717) is 5.69 Å². The van der Waals surface area contributed by atoms with Crippen LogP contribution in [0.25, 0.3) is 0 Å². The van der Waals surface area contributed by atoms with Crippen LogP contribution >= 0.6 is 0 Å². The Labute approximate surface area is 117 Å². The van der Waals surface area contributed by atoms with Crippen molar-refractivity contribution in [1.29, 1.82) is 0 Å². The van der Waals surface area contributed by atoms with Gasteiger partial charge in [-0.3, -0.25) is 14.4 Å². The van der Waals surface area contributed by atoms with Gasteiger partial charge in [-0.2, -0.15) is 0 Å². The number of hydrogen-bond acceptors (Lipinski definition) is 4. The van der Waals surface area contributed by atoms with Gasteiger partial charge in [0.05, 0.1) is 6.54 Å². The van der Waals surface area contributed by atoms with Crippen LogP contribution < -0.4 is 16.6 Å². The highest BCUT2D eigenvalue weighted by molar-refractivity contribution is 5.84. The summed E-state index contributed by atoms with van der Waals surface area (Å²) in [6, 6.07) is 2.79. The number of nitrogens with two attached hydrogens (primary N) is 1. The molecule has 7 heteroatoms. The molecule has 3 N–H and O–H groups in total. The van der Waals surface area contributed by atoms with E-state index in [4.69, 9.17) is 5.73 Å². The van der Waals surface area contributed by atoms with E-state index >= 15 is 0 Å². The van der Waals surface area contributed by atoms with Crippen LogP contribution in [0.4, 0.5) is 5.69 Å². The molecule has 0 atom stereocenters. The monoisotopic (exact) mass is 280 g/mol. The summed E-state index contributed by atoms with van der Waals surface area (Å²) in [5, 5.41) is 2.69. The summed E-state index contributed by atoms with van der Waals surface area (Å²) >= 11 is 0. The van der Waals surface area contributed by atoms with Gasteiger partial charge in [-0.25, -0.2) is 0 Å². The molecule has 1 heterocycles. The predicted molar refractivity (Wildman–Crippen MR) is 76.0 cm³/mol. The maximum atomic E-state index is 11.9. The molecule has 0 bridgehead atoms. The van der Waals surface area contributed by atoms with E-state index in [1.54, 1.807) is 0 Å². The number of likely N-dealkylation sites (N-methyl/N-ethyl adjacent to an activating group) is 1. The summed E-state index contributed by atoms with van der Waals surface area (Å²) in [6.07, 6.45) is 1.41. The van der Waals surface area contributed by atoms with Gasteiger partial charge in [0.25, 0.3) is 5.56 Å². The van der Waals surface area contributed by atoms with Crippen molar-refractivity contribution in [1.82, 2.24) is 14.8 Å². The lowest BCUT2D eigenvalue weighted by Gasteiger charge is -2.18. The fourth-order valence-electron chi connectivity index (χ4n) is 1.61. The minimum absolute atomic E-state index is 0.0162. The molecule has 1 rings (SSSR count). The Morgan fingerprint density at radius 1 is 1.40 bits per heavy atom. The molecule has 110 valence electrons. The molecule has 1 aromatic rings. The molecule has 2 amide bonds. The maximum absolute atomic E-state index is 11.9. The Morgan fingerprint density at radius 3 is 2.65 bits per heavy atom. The van der Waals surface area contributed by atoms with Gasteiger partial charge in [-0.05, 0) is 19.9 Å². The van der Waals surface area contributed by atoms with Gasteiger partial charge in [0.15, 0.2) is 0 Å². The highest BCUT2D eigenvalue weighted by Crippen LogP contribution is 1.97. The number of nitrogens with one attached hydrogen (secondary N) is 1. The zero-order chi connectivity index (χ0) is 15.3. The van der Waals surface area contributed by atoms with Gasteiger partial charge in [0, 0.05) is 31.0 Å². The lowest BCUT2D eigenvalue weighted by molar-refractivity contribution is -0.135. The van der Waals surface area contributed by atoms with Gasteiger partial charge in [-0.15, -0.1) is 0 Å². The lowest BCUT2D eigenvalue weighted by atomic mass is 10.3. The normalized spacial score (nSPS) is 10.4. The molecule has 0 saturated carbocycles. The molecule has 0 unspecified atom stereocenters. The number of rotatable bonds is 5. The summed E-state index contributed by atoms with van der Waals surface area (Å²) in [4.78, 5) is 36.3. The van der Waals surface area contributed by atoms with Crippen molar-refractivity contribution in [2.45, 2.75) is 26.4 Å². The number of anilines is 1. The molecule has 0 aliphatic heterocycles. The third-order valence-electron chi connectivity index (χ3n) is 2.57. The third kappa shape index (κ3) is 4.75. The van der Waals surface area contributed by atoms with Crippen LogP contribution in [0.15, 0.2) is 23.1 Å². The molecule has 0 aromatic carbocycles. The number of carbonyl (C=O) groups is 2. The average molecular weight is 280 g/mol. The second-order valence-electron chi connectivity index (χ2n) is 4.90. The molecule has 0 fully saturated rings. The number of hydrogen-bond donors (Lipinski definition) is 2. The van der Waals surface area contributed by atoms with Crippen LogP contribution in [0.1, 0.15) is 13.8 Å². The predicted octanol–water partition coefficient (Wildman–Crippen LogP) is -0.586. The van der Waals surface area contributed by atoms with Crippen LogP contribution in [0.5, 0.6) is 0 Å². The summed E-state index contributed by atoms with van der Waals surface area (Å²) in [5.41, 5.74) is 5.65. The maximum Gasteiger partial charge on any atom is 0.251 e. The lowest BCUT2D eigenvalue weighted by Crippen LogP contribution is -2.42. The molecular weight excluding hydrogens is 260 g/mol. The van der Waals surface area contributed by atoms with Crippen molar-refractivity contribution in [3.05, 3.63) is 28.7 Å². The van der Waals surface area contributed by atoms with Crippen molar-refractivity contribution in [2.75, 3.05) is 19.3 Å². The number of nitrogen functional groups attached to an aromatic ring is 1. The molecule has 7 nitrogen and oxygen atoms in total. The number of amides is 2. The SMILES string of the molecule is CC(C)NC(=O)CN(C)C(=O)Cn1cc(N)ccc1=O. The van der Waals surface area contributed by atoms with E-state index in [9.17, 15) is 14.4 Å². The van der Waals surface area contributed by atoms with Crippen molar-refractivity contribution in [3.63, 3.8) is 0 Å². The van der Waals surface area contributed by atoms with E-state index in [-0.39, 0.29) is 36.5 Å². The Bertz CT molecular complexity index is 551. The second-order valence-corrected chi connectivity index (χ2v) is 4.90. The van der Waals surface area contributed by atoms with Gasteiger partial charge >= 0.3 is 0 Å². The van der Waals surface area contributed by atoms with Crippen molar-refractivity contribution in [3.8, 4) is 0 Å². The van der Waals surface area contributed by atoms with Crippen molar-refractivity contribution >= 4 is 17.5 Å². The van der Waals surface area contributed by atoms with E-state index in [0.717, 1.165) is 0 Å². The fourth-order valence-corrected chi connectivity index (χ4v) is 1.61. The summed E-state index contributed by atoms with van der Waals surface area (Å²) < 4.78 is 1.22. The van der Waals surface area contributed by atoms with Crippen LogP contribution in [0, 0.1) is 0 Å². The smallest absolute Gasteiger partial charge is 0.251 e. The first kappa shape index (κ1) is 15.7. The van der Waals surface area contributed by atoms with E-state index in [1.807, 2.05) is 13.8 Å². The van der Waals surface area contributed by atoms with Gasteiger partial charge in [0.2, 0.25) is 11.8 Å². The molecule has 20 heavy (non-hydrogen) atoms. The van der Waals surface area contributed by atoms with Crippen LogP contribution in [0.2, 0.25) is 0 Å². The summed E-state index contributed by atoms with van der Waals surface area (Å²) in [7, 11) is 1.51. The number of nitrogens with zero attached hydrogens (tertiary/aromatic N) is 2. The largest absolute Gasteiger partial charge is 0.398 e. The number of aromatic nitrogens is 1. The first-order valence-electron chi connectivity index (χ1n) is 6.29. The molecule has 0 saturated heterocycles. The second kappa shape index (κ2) is 6.74. The Balaban J connectivity index is 2.64. The fraction of sp³-hybridized carbons (Fsp3) is 0.462. The zero-order valence-electron chi connectivity index (χ0n) is 11.9. The molecule has 0 aliphatic rings. The topological polar surface area (TPSA) is 97.4 Å². The van der Waals surface area contributed by atoms with Crippen molar-refractivity contribution < 1.29 is 9.59 Å². The van der Waals surface area contributed by atoms with E-state index < -0.39 is 0 Å². The van der Waals surface area contributed by atoms with Crippen molar-refractivity contribution in [2.24, 2.45) is 0 Å². The van der Waals surface area contributed by atoms with Crippen LogP contribution in [-0.4, -0.2) is 40.9 Å². The first-order chi connectivity index (χ1) is 9.29. The molecule has 1 aromatic heterocycles. The minimum atomic E-state index is -0.336. The van der Waals surface area contributed by atoms with Gasteiger partial charge in [0.1, 0.15) is 6.54 Å². The highest BCUT2D eigenvalue weighted by Gasteiger charge is 2.14. The molecule has 0 aliphatic carbocycles. The Kier molecular flexibility index (Phi) is 5.31. The van der Waals surface area contributed by atoms with Crippen LogP contribution in [-0.2, 0) is 16.1 Å². The third-order valence-corrected chi connectivity index (χ3v) is 2.57. The quantitative estimate of drug-likeness (QED) is 0.753. The zero-order valence-corrected chi connectivity index (χ0v) is 11.9. The number of carbonyl (C=O) groups excluding carboxylic acids is 2. The Morgan fingerprint density at radius 2 is 2.05 bits per heavy atom. The van der Waals surface area contributed by atoms with E-state index in [2.05, 4.69) is 5.32 Å². The summed E-state index contributed by atoms with van der Waals surface area (Å²) in [5.74, 6) is -0.577. The standard InChI is InChI=1S/C13H20N4O3/c1-9(2)15-11(18)7-16(3)13(20)8-17-6-10(14)4-5-12(17)19/h4-6,9H,7-8,14H2,1-3H3,(H,15,18). The number of pyridine rings is 1. The molecule has 0 spiro atoms. The van der Waals surface area contributed by atoms with Crippen LogP contribution in [0.3, 0.4) is 0 Å². The molecule has 0 radical (unpaired) electrons. The summed E-state index contributed by atoms with van der Waals surface area (Å²) in [6.45, 7) is 3.49.